The summed E-state index contributed by atoms with van der Waals surface area (Å²) >= 11 is 0. The van der Waals surface area contributed by atoms with Crippen LogP contribution in [-0.2, 0) is 4.79 Å². The zero-order valence-corrected chi connectivity index (χ0v) is 7.70. The normalized spacial score (nSPS) is 21.1. The average Bonchev–Trinajstić information content (AvgIpc) is 2.18. The first kappa shape index (κ1) is 10.5. The van der Waals surface area contributed by atoms with Gasteiger partial charge in [0, 0.05) is 6.04 Å². The Morgan fingerprint density at radius 3 is 2.54 bits per heavy atom. The van der Waals surface area contributed by atoms with Gasteiger partial charge < -0.3 is 15.5 Å². The number of carbonyl (C=O) groups is 1. The van der Waals surface area contributed by atoms with Crippen LogP contribution < -0.4 is 5.32 Å². The van der Waals surface area contributed by atoms with Gasteiger partial charge in [0.25, 0.3) is 5.91 Å². The molecule has 0 saturated heterocycles. The van der Waals surface area contributed by atoms with E-state index in [2.05, 4.69) is 5.32 Å². The van der Waals surface area contributed by atoms with E-state index < -0.39 is 18.6 Å². The number of rotatable bonds is 3. The second-order valence-electron chi connectivity index (χ2n) is 3.54. The van der Waals surface area contributed by atoms with Gasteiger partial charge in [-0.1, -0.05) is 19.3 Å². The van der Waals surface area contributed by atoms with Crippen LogP contribution in [0.1, 0.15) is 32.1 Å². The van der Waals surface area contributed by atoms with Crippen LogP contribution in [-0.4, -0.2) is 34.9 Å². The topological polar surface area (TPSA) is 69.6 Å². The van der Waals surface area contributed by atoms with Crippen LogP contribution in [0.25, 0.3) is 0 Å². The van der Waals surface area contributed by atoms with E-state index in [1.807, 2.05) is 0 Å². The first-order chi connectivity index (χ1) is 6.24. The average molecular weight is 187 g/mol. The number of aliphatic hydroxyl groups is 2. The molecule has 0 aromatic rings. The molecule has 76 valence electrons. The molecular weight excluding hydrogens is 170 g/mol. The summed E-state index contributed by atoms with van der Waals surface area (Å²) in [6.07, 6.45) is 4.23. The fraction of sp³-hybridized carbons (Fsp3) is 0.889. The molecule has 1 fully saturated rings. The van der Waals surface area contributed by atoms with Crippen molar-refractivity contribution in [3.8, 4) is 0 Å². The second kappa shape index (κ2) is 5.19. The zero-order valence-electron chi connectivity index (χ0n) is 7.70. The van der Waals surface area contributed by atoms with Crippen LogP contribution in [0.4, 0.5) is 0 Å². The van der Waals surface area contributed by atoms with Gasteiger partial charge in [0.05, 0.1) is 6.61 Å². The maximum atomic E-state index is 11.1. The van der Waals surface area contributed by atoms with Crippen molar-refractivity contribution in [3.05, 3.63) is 0 Å². The third-order valence-electron chi connectivity index (χ3n) is 2.43. The fourth-order valence-electron chi connectivity index (χ4n) is 1.63. The van der Waals surface area contributed by atoms with E-state index in [4.69, 9.17) is 10.2 Å². The highest BCUT2D eigenvalue weighted by atomic mass is 16.3. The van der Waals surface area contributed by atoms with Crippen molar-refractivity contribution in [2.24, 2.45) is 0 Å². The molecular formula is C9H17NO3. The van der Waals surface area contributed by atoms with Crippen LogP contribution in [0.2, 0.25) is 0 Å². The van der Waals surface area contributed by atoms with Crippen molar-refractivity contribution in [3.63, 3.8) is 0 Å². The van der Waals surface area contributed by atoms with Crippen LogP contribution >= 0.6 is 0 Å². The first-order valence-electron chi connectivity index (χ1n) is 4.83. The highest BCUT2D eigenvalue weighted by Gasteiger charge is 2.19. The van der Waals surface area contributed by atoms with Crippen LogP contribution in [0.15, 0.2) is 0 Å². The molecule has 1 rings (SSSR count). The van der Waals surface area contributed by atoms with Gasteiger partial charge in [0.2, 0.25) is 0 Å². The smallest absolute Gasteiger partial charge is 0.251 e. The van der Waals surface area contributed by atoms with Gasteiger partial charge in [-0.25, -0.2) is 0 Å². The number of hydrogen-bond acceptors (Lipinski definition) is 3. The van der Waals surface area contributed by atoms with E-state index in [-0.39, 0.29) is 6.04 Å². The zero-order chi connectivity index (χ0) is 9.68. The summed E-state index contributed by atoms with van der Waals surface area (Å²) in [6, 6.07) is 0.197. The summed E-state index contributed by atoms with van der Waals surface area (Å²) in [4.78, 5) is 11.1. The highest BCUT2D eigenvalue weighted by molar-refractivity contribution is 5.80. The lowest BCUT2D eigenvalue weighted by molar-refractivity contribution is -0.132. The fourth-order valence-corrected chi connectivity index (χ4v) is 1.63. The molecule has 0 spiro atoms. The molecule has 1 unspecified atom stereocenters. The summed E-state index contributed by atoms with van der Waals surface area (Å²) in [5, 5.41) is 20.2. The lowest BCUT2D eigenvalue weighted by Crippen LogP contribution is -2.43. The summed E-state index contributed by atoms with van der Waals surface area (Å²) < 4.78 is 0. The van der Waals surface area contributed by atoms with E-state index >= 15 is 0 Å². The minimum Gasteiger partial charge on any atom is -0.393 e. The van der Waals surface area contributed by atoms with E-state index in [0.717, 1.165) is 25.7 Å². The Bertz CT molecular complexity index is 166. The molecule has 1 amide bonds. The predicted octanol–water partition coefficient (Wildman–Crippen LogP) is -0.212. The standard InChI is InChI=1S/C9H17NO3/c11-6-8(12)9(13)10-7-4-2-1-3-5-7/h7-8,11-12H,1-6H2,(H,10,13). The molecule has 1 atom stereocenters. The van der Waals surface area contributed by atoms with Gasteiger partial charge in [0.15, 0.2) is 6.10 Å². The third-order valence-corrected chi connectivity index (χ3v) is 2.43. The van der Waals surface area contributed by atoms with Crippen molar-refractivity contribution in [1.29, 1.82) is 0 Å². The SMILES string of the molecule is O=C(NC1CCCCC1)C(O)CO. The highest BCUT2D eigenvalue weighted by Crippen LogP contribution is 2.17. The quantitative estimate of drug-likeness (QED) is 0.572. The summed E-state index contributed by atoms with van der Waals surface area (Å²) in [6.45, 7) is -0.501. The Labute approximate surface area is 78.0 Å². The van der Waals surface area contributed by atoms with Gasteiger partial charge in [-0.15, -0.1) is 0 Å². The van der Waals surface area contributed by atoms with E-state index in [1.54, 1.807) is 0 Å². The molecule has 1 aliphatic carbocycles. The van der Waals surface area contributed by atoms with Crippen molar-refractivity contribution in [2.75, 3.05) is 6.61 Å². The number of hydrogen-bond donors (Lipinski definition) is 3. The Balaban J connectivity index is 2.26. The largest absolute Gasteiger partial charge is 0.393 e. The summed E-state index contributed by atoms with van der Waals surface area (Å²) in [5.74, 6) is -0.450. The molecule has 1 saturated carbocycles. The van der Waals surface area contributed by atoms with Crippen LogP contribution in [0, 0.1) is 0 Å². The lowest BCUT2D eigenvalue weighted by atomic mass is 9.95. The number of nitrogens with one attached hydrogen (secondary N) is 1. The second-order valence-corrected chi connectivity index (χ2v) is 3.54. The van der Waals surface area contributed by atoms with Crippen LogP contribution in [0.5, 0.6) is 0 Å². The lowest BCUT2D eigenvalue weighted by Gasteiger charge is -2.23. The van der Waals surface area contributed by atoms with Crippen molar-refractivity contribution < 1.29 is 15.0 Å². The maximum Gasteiger partial charge on any atom is 0.251 e. The molecule has 4 nitrogen and oxygen atoms in total. The number of carbonyl (C=O) groups excluding carboxylic acids is 1. The van der Waals surface area contributed by atoms with E-state index in [1.165, 1.54) is 6.42 Å². The van der Waals surface area contributed by atoms with Crippen LogP contribution in [0.3, 0.4) is 0 Å². The van der Waals surface area contributed by atoms with E-state index in [0.29, 0.717) is 0 Å². The van der Waals surface area contributed by atoms with Gasteiger partial charge >= 0.3 is 0 Å². The molecule has 1 aliphatic rings. The first-order valence-corrected chi connectivity index (χ1v) is 4.83. The van der Waals surface area contributed by atoms with Crippen molar-refractivity contribution >= 4 is 5.91 Å². The summed E-state index contributed by atoms with van der Waals surface area (Å²) in [5.41, 5.74) is 0. The Morgan fingerprint density at radius 2 is 2.00 bits per heavy atom. The Kier molecular flexibility index (Phi) is 4.18. The van der Waals surface area contributed by atoms with E-state index in [9.17, 15) is 4.79 Å². The van der Waals surface area contributed by atoms with Gasteiger partial charge in [-0.05, 0) is 12.8 Å². The monoisotopic (exact) mass is 187 g/mol. The number of aliphatic hydroxyl groups excluding tert-OH is 2. The number of amides is 1. The van der Waals surface area contributed by atoms with Crippen molar-refractivity contribution in [2.45, 2.75) is 44.2 Å². The Morgan fingerprint density at radius 1 is 1.38 bits per heavy atom. The minimum absolute atomic E-state index is 0.197. The molecule has 0 radical (unpaired) electrons. The maximum absolute atomic E-state index is 11.1. The molecule has 0 bridgehead atoms. The Hall–Kier alpha value is -0.610. The molecule has 0 aromatic heterocycles. The molecule has 0 aromatic carbocycles. The third kappa shape index (κ3) is 3.32. The minimum atomic E-state index is -1.26. The predicted molar refractivity (Wildman–Crippen MR) is 48.1 cm³/mol. The molecule has 0 aliphatic heterocycles. The molecule has 3 N–H and O–H groups in total. The van der Waals surface area contributed by atoms with Gasteiger partial charge in [-0.2, -0.15) is 0 Å². The van der Waals surface area contributed by atoms with Gasteiger partial charge in [-0.3, -0.25) is 4.79 Å². The van der Waals surface area contributed by atoms with Gasteiger partial charge in [0.1, 0.15) is 0 Å². The molecule has 4 heteroatoms. The van der Waals surface area contributed by atoms with Crippen molar-refractivity contribution in [1.82, 2.24) is 5.32 Å². The summed E-state index contributed by atoms with van der Waals surface area (Å²) in [7, 11) is 0. The molecule has 0 heterocycles. The molecule has 13 heavy (non-hydrogen) atoms.